The van der Waals surface area contributed by atoms with Gasteiger partial charge in [0.25, 0.3) is 5.56 Å². The van der Waals surface area contributed by atoms with Crippen LogP contribution in [0.15, 0.2) is 52.4 Å². The normalized spacial score (nSPS) is 11.1. The van der Waals surface area contributed by atoms with Crippen molar-refractivity contribution in [3.63, 3.8) is 0 Å². The van der Waals surface area contributed by atoms with Crippen molar-refractivity contribution in [2.24, 2.45) is 7.05 Å². The maximum Gasteiger partial charge on any atom is 0.262 e. The molecule has 4 rings (SSSR count). The second-order valence-corrected chi connectivity index (χ2v) is 8.02. The van der Waals surface area contributed by atoms with Gasteiger partial charge in [-0.05, 0) is 36.2 Å². The first-order chi connectivity index (χ1) is 15.5. The molecule has 0 spiro atoms. The Kier molecular flexibility index (Phi) is 6.31. The standard InChI is InChI=1S/C22H23N5O4S/c1-26-20(29)15-6-4-5-7-16(15)27-21(26)24-25-22(27)32-13-19(28)23-11-10-14-8-9-17(30-2)18(12-14)31-3/h4-9,12H,10-11,13H2,1-3H3,(H,23,28). The Morgan fingerprint density at radius 2 is 1.88 bits per heavy atom. The van der Waals surface area contributed by atoms with E-state index in [9.17, 15) is 9.59 Å². The largest absolute Gasteiger partial charge is 0.493 e. The van der Waals surface area contributed by atoms with Crippen molar-refractivity contribution < 1.29 is 14.3 Å². The van der Waals surface area contributed by atoms with Crippen LogP contribution in [0.2, 0.25) is 0 Å². The summed E-state index contributed by atoms with van der Waals surface area (Å²) in [6.45, 7) is 0.493. The van der Waals surface area contributed by atoms with Crippen molar-refractivity contribution in [1.82, 2.24) is 24.5 Å². The Labute approximate surface area is 188 Å². The molecule has 0 unspecified atom stereocenters. The van der Waals surface area contributed by atoms with E-state index in [0.29, 0.717) is 46.3 Å². The summed E-state index contributed by atoms with van der Waals surface area (Å²) in [7, 11) is 4.85. The molecular formula is C22H23N5O4S. The number of thioether (sulfide) groups is 1. The number of aromatic nitrogens is 4. The molecule has 4 aromatic rings. The Hall–Kier alpha value is -3.53. The van der Waals surface area contributed by atoms with Crippen LogP contribution in [0.4, 0.5) is 0 Å². The van der Waals surface area contributed by atoms with E-state index in [1.54, 1.807) is 31.7 Å². The van der Waals surface area contributed by atoms with E-state index >= 15 is 0 Å². The first-order valence-electron chi connectivity index (χ1n) is 9.96. The van der Waals surface area contributed by atoms with Gasteiger partial charge in [-0.25, -0.2) is 0 Å². The van der Waals surface area contributed by atoms with Gasteiger partial charge in [0.15, 0.2) is 16.7 Å². The molecule has 10 heteroatoms. The van der Waals surface area contributed by atoms with Crippen LogP contribution >= 0.6 is 11.8 Å². The highest BCUT2D eigenvalue weighted by atomic mass is 32.2. The van der Waals surface area contributed by atoms with Gasteiger partial charge in [0.1, 0.15) is 0 Å². The zero-order chi connectivity index (χ0) is 22.7. The van der Waals surface area contributed by atoms with E-state index in [1.165, 1.54) is 16.3 Å². The SMILES string of the molecule is COc1ccc(CCNC(=O)CSc2nnc3n(C)c(=O)c4ccccc4n23)cc1OC. The van der Waals surface area contributed by atoms with Crippen molar-refractivity contribution in [2.45, 2.75) is 11.6 Å². The Bertz CT molecular complexity index is 1350. The summed E-state index contributed by atoms with van der Waals surface area (Å²) in [6, 6.07) is 13.0. The average Bonchev–Trinajstić information content (AvgIpc) is 3.25. The fourth-order valence-electron chi connectivity index (χ4n) is 3.47. The van der Waals surface area contributed by atoms with E-state index in [4.69, 9.17) is 9.47 Å². The van der Waals surface area contributed by atoms with E-state index in [0.717, 1.165) is 5.56 Å². The molecule has 2 aromatic heterocycles. The first-order valence-corrected chi connectivity index (χ1v) is 10.9. The number of aryl methyl sites for hydroxylation is 1. The molecule has 0 bridgehead atoms. The number of nitrogens with one attached hydrogen (secondary N) is 1. The van der Waals surface area contributed by atoms with Crippen LogP contribution in [0, 0.1) is 0 Å². The van der Waals surface area contributed by atoms with Crippen LogP contribution < -0.4 is 20.3 Å². The van der Waals surface area contributed by atoms with Gasteiger partial charge in [-0.2, -0.15) is 0 Å². The zero-order valence-corrected chi connectivity index (χ0v) is 18.8. The number of amides is 1. The molecule has 0 aliphatic rings. The van der Waals surface area contributed by atoms with Gasteiger partial charge in [-0.15, -0.1) is 10.2 Å². The number of carbonyl (C=O) groups excluding carboxylic acids is 1. The number of ether oxygens (including phenoxy) is 2. The van der Waals surface area contributed by atoms with E-state index in [2.05, 4.69) is 15.5 Å². The highest BCUT2D eigenvalue weighted by molar-refractivity contribution is 7.99. The van der Waals surface area contributed by atoms with Gasteiger partial charge in [0, 0.05) is 13.6 Å². The summed E-state index contributed by atoms with van der Waals surface area (Å²) in [6.07, 6.45) is 0.664. The minimum absolute atomic E-state index is 0.110. The van der Waals surface area contributed by atoms with Crippen molar-refractivity contribution in [2.75, 3.05) is 26.5 Å². The number of fused-ring (bicyclic) bond motifs is 3. The molecule has 1 amide bonds. The van der Waals surface area contributed by atoms with Crippen molar-refractivity contribution in [3.8, 4) is 11.5 Å². The minimum Gasteiger partial charge on any atom is -0.493 e. The number of hydrogen-bond acceptors (Lipinski definition) is 7. The van der Waals surface area contributed by atoms with Gasteiger partial charge < -0.3 is 14.8 Å². The van der Waals surface area contributed by atoms with Crippen LogP contribution in [0.5, 0.6) is 11.5 Å². The van der Waals surface area contributed by atoms with E-state index in [1.807, 2.05) is 36.4 Å². The lowest BCUT2D eigenvalue weighted by molar-refractivity contribution is -0.118. The van der Waals surface area contributed by atoms with Gasteiger partial charge in [-0.3, -0.25) is 18.6 Å². The van der Waals surface area contributed by atoms with Crippen LogP contribution in [0.1, 0.15) is 5.56 Å². The summed E-state index contributed by atoms with van der Waals surface area (Å²) in [5, 5.41) is 12.4. The summed E-state index contributed by atoms with van der Waals surface area (Å²) >= 11 is 1.28. The number of rotatable bonds is 8. The smallest absolute Gasteiger partial charge is 0.262 e. The van der Waals surface area contributed by atoms with Crippen LogP contribution in [0.3, 0.4) is 0 Å². The number of para-hydroxylation sites is 1. The lowest BCUT2D eigenvalue weighted by Gasteiger charge is -2.10. The Morgan fingerprint density at radius 1 is 1.09 bits per heavy atom. The lowest BCUT2D eigenvalue weighted by Crippen LogP contribution is -2.27. The number of benzene rings is 2. The summed E-state index contributed by atoms with van der Waals surface area (Å²) in [5.41, 5.74) is 1.61. The van der Waals surface area contributed by atoms with Crippen LogP contribution in [-0.4, -0.2) is 51.6 Å². The van der Waals surface area contributed by atoms with Crippen molar-refractivity contribution in [1.29, 1.82) is 0 Å². The highest BCUT2D eigenvalue weighted by Gasteiger charge is 2.16. The third kappa shape index (κ3) is 4.13. The summed E-state index contributed by atoms with van der Waals surface area (Å²) in [4.78, 5) is 24.9. The first kappa shape index (κ1) is 21.7. The molecule has 2 aromatic carbocycles. The van der Waals surface area contributed by atoms with Crippen LogP contribution in [0.25, 0.3) is 16.7 Å². The molecule has 32 heavy (non-hydrogen) atoms. The molecule has 166 valence electrons. The van der Waals surface area contributed by atoms with Crippen molar-refractivity contribution in [3.05, 3.63) is 58.4 Å². The molecule has 0 aliphatic carbocycles. The van der Waals surface area contributed by atoms with E-state index in [-0.39, 0.29) is 17.2 Å². The molecule has 0 saturated heterocycles. The molecular weight excluding hydrogens is 430 g/mol. The summed E-state index contributed by atoms with van der Waals surface area (Å²) in [5.74, 6) is 1.84. The monoisotopic (exact) mass is 453 g/mol. The quantitative estimate of drug-likeness (QED) is 0.408. The Balaban J connectivity index is 1.41. The maximum absolute atomic E-state index is 12.5. The second kappa shape index (κ2) is 9.31. The minimum atomic E-state index is -0.134. The fraction of sp³-hybridized carbons (Fsp3) is 0.273. The molecule has 9 nitrogen and oxygen atoms in total. The fourth-order valence-corrected chi connectivity index (χ4v) is 4.24. The third-order valence-electron chi connectivity index (χ3n) is 5.11. The van der Waals surface area contributed by atoms with E-state index < -0.39 is 0 Å². The molecule has 0 fully saturated rings. The molecule has 0 radical (unpaired) electrons. The Morgan fingerprint density at radius 3 is 2.66 bits per heavy atom. The van der Waals surface area contributed by atoms with Crippen molar-refractivity contribution >= 4 is 34.3 Å². The number of carbonyl (C=O) groups is 1. The lowest BCUT2D eigenvalue weighted by atomic mass is 10.1. The van der Waals surface area contributed by atoms with Gasteiger partial charge in [-0.1, -0.05) is 30.0 Å². The molecule has 1 N–H and O–H groups in total. The number of hydrogen-bond donors (Lipinski definition) is 1. The molecule has 0 aliphatic heterocycles. The zero-order valence-electron chi connectivity index (χ0n) is 18.0. The second-order valence-electron chi connectivity index (χ2n) is 7.08. The van der Waals surface area contributed by atoms with Gasteiger partial charge >= 0.3 is 0 Å². The average molecular weight is 454 g/mol. The number of nitrogens with zero attached hydrogens (tertiary/aromatic N) is 4. The predicted molar refractivity (Wildman–Crippen MR) is 123 cm³/mol. The number of methoxy groups -OCH3 is 2. The molecule has 0 saturated carbocycles. The maximum atomic E-state index is 12.5. The molecule has 2 heterocycles. The van der Waals surface area contributed by atoms with Gasteiger partial charge in [0.05, 0.1) is 30.9 Å². The highest BCUT2D eigenvalue weighted by Crippen LogP contribution is 2.27. The van der Waals surface area contributed by atoms with Gasteiger partial charge in [0.2, 0.25) is 11.7 Å². The summed E-state index contributed by atoms with van der Waals surface area (Å²) < 4.78 is 13.8. The van der Waals surface area contributed by atoms with Crippen LogP contribution in [-0.2, 0) is 18.3 Å². The predicted octanol–water partition coefficient (Wildman–Crippen LogP) is 2.05. The molecule has 0 atom stereocenters. The topological polar surface area (TPSA) is 99.7 Å². The third-order valence-corrected chi connectivity index (χ3v) is 6.04.